The van der Waals surface area contributed by atoms with Crippen LogP contribution in [0.4, 0.5) is 5.69 Å². The van der Waals surface area contributed by atoms with Crippen molar-refractivity contribution >= 4 is 33.4 Å². The van der Waals surface area contributed by atoms with Gasteiger partial charge in [0.2, 0.25) is 0 Å². The number of amidine groups is 3. The minimum absolute atomic E-state index is 0.00692. The second kappa shape index (κ2) is 9.22. The van der Waals surface area contributed by atoms with Gasteiger partial charge in [-0.2, -0.15) is 8.42 Å². The van der Waals surface area contributed by atoms with Gasteiger partial charge in [-0.1, -0.05) is 57.2 Å². The van der Waals surface area contributed by atoms with E-state index in [-0.39, 0.29) is 34.6 Å². The fraction of sp³-hybridized carbons (Fsp3) is 0.348. The zero-order chi connectivity index (χ0) is 24.4. The maximum atomic E-state index is 12.3. The standard InChI is InChI=1S/C23H30N6O3S/c1-23(2,3)19(15-11-8-7-9-12-15)26-21-20(27-33(31,32)28-21)25-17-14-10-13-16(18(17)30)22(24-4)29(5)6/h7-14,19,30H,1-6H3,(H,25,27)(H,26,28)/t19-/m0/s1. The van der Waals surface area contributed by atoms with Crippen molar-refractivity contribution in [2.75, 3.05) is 26.5 Å². The molecular formula is C23H30N6O3S. The largest absolute Gasteiger partial charge is 0.505 e. The topological polar surface area (TPSA) is 119 Å². The molecule has 0 saturated heterocycles. The Bertz CT molecular complexity index is 1210. The van der Waals surface area contributed by atoms with Crippen molar-refractivity contribution in [1.29, 1.82) is 0 Å². The molecule has 1 heterocycles. The Morgan fingerprint density at radius 3 is 2.36 bits per heavy atom. The van der Waals surface area contributed by atoms with E-state index in [2.05, 4.69) is 19.4 Å². The lowest BCUT2D eigenvalue weighted by molar-refractivity contribution is 0.329. The summed E-state index contributed by atoms with van der Waals surface area (Å²) in [5, 5.41) is 13.8. The van der Waals surface area contributed by atoms with Crippen LogP contribution in [0.5, 0.6) is 5.75 Å². The molecule has 1 atom stereocenters. The molecular weight excluding hydrogens is 440 g/mol. The Hall–Kier alpha value is -3.40. The van der Waals surface area contributed by atoms with Gasteiger partial charge in [0.25, 0.3) is 0 Å². The summed E-state index contributed by atoms with van der Waals surface area (Å²) in [6.45, 7) is 6.10. The first-order valence-electron chi connectivity index (χ1n) is 10.4. The molecule has 0 aliphatic carbocycles. The van der Waals surface area contributed by atoms with E-state index in [1.165, 1.54) is 0 Å². The summed E-state index contributed by atoms with van der Waals surface area (Å²) in [5.74, 6) is 0.586. The van der Waals surface area contributed by atoms with Gasteiger partial charge in [-0.15, -0.1) is 4.40 Å². The molecule has 0 bridgehead atoms. The molecule has 3 N–H and O–H groups in total. The predicted molar refractivity (Wildman–Crippen MR) is 133 cm³/mol. The van der Waals surface area contributed by atoms with Crippen LogP contribution in [0.25, 0.3) is 0 Å². The molecule has 0 fully saturated rings. The summed E-state index contributed by atoms with van der Waals surface area (Å²) in [4.78, 5) is 10.7. The van der Waals surface area contributed by atoms with Gasteiger partial charge >= 0.3 is 10.2 Å². The number of hydrogen-bond donors (Lipinski definition) is 3. The van der Waals surface area contributed by atoms with Crippen molar-refractivity contribution < 1.29 is 13.5 Å². The number of aliphatic imine (C=N–C) groups is 2. The van der Waals surface area contributed by atoms with Crippen LogP contribution in [0.15, 0.2) is 62.9 Å². The van der Waals surface area contributed by atoms with Crippen LogP contribution in [0.3, 0.4) is 0 Å². The van der Waals surface area contributed by atoms with E-state index in [0.717, 1.165) is 5.56 Å². The van der Waals surface area contributed by atoms with Crippen molar-refractivity contribution in [2.45, 2.75) is 26.8 Å². The molecule has 0 spiro atoms. The zero-order valence-corrected chi connectivity index (χ0v) is 20.5. The van der Waals surface area contributed by atoms with Gasteiger partial charge in [-0.05, 0) is 23.1 Å². The summed E-state index contributed by atoms with van der Waals surface area (Å²) in [6.07, 6.45) is 0. The fourth-order valence-electron chi connectivity index (χ4n) is 3.57. The van der Waals surface area contributed by atoms with Gasteiger partial charge in [-0.25, -0.2) is 4.72 Å². The van der Waals surface area contributed by atoms with Crippen molar-refractivity contribution in [3.63, 3.8) is 0 Å². The molecule has 10 heteroatoms. The van der Waals surface area contributed by atoms with Gasteiger partial charge in [-0.3, -0.25) is 9.98 Å². The Kier molecular flexibility index (Phi) is 6.78. The first-order chi connectivity index (χ1) is 15.4. The summed E-state index contributed by atoms with van der Waals surface area (Å²) >= 11 is 0. The van der Waals surface area contributed by atoms with Gasteiger partial charge in [0.05, 0.1) is 17.3 Å². The van der Waals surface area contributed by atoms with Crippen molar-refractivity contribution in [3.05, 3.63) is 59.7 Å². The monoisotopic (exact) mass is 470 g/mol. The SMILES string of the molecule is CN=C(c1cccc(NC2=NS(=O)(=O)NC2=N[C@@H](c2ccccc2)C(C)(C)C)c1O)N(C)C. The van der Waals surface area contributed by atoms with Gasteiger partial charge in [0.15, 0.2) is 11.7 Å². The van der Waals surface area contributed by atoms with E-state index in [1.807, 2.05) is 65.2 Å². The van der Waals surface area contributed by atoms with E-state index >= 15 is 0 Å². The fourth-order valence-corrected chi connectivity index (χ4v) is 4.38. The Morgan fingerprint density at radius 2 is 1.79 bits per heavy atom. The van der Waals surface area contributed by atoms with Gasteiger partial charge in [0, 0.05) is 21.1 Å². The Balaban J connectivity index is 2.04. The third-order valence-electron chi connectivity index (χ3n) is 5.02. The van der Waals surface area contributed by atoms with E-state index in [4.69, 9.17) is 4.99 Å². The highest BCUT2D eigenvalue weighted by Crippen LogP contribution is 2.36. The van der Waals surface area contributed by atoms with Gasteiger partial charge in [0.1, 0.15) is 11.6 Å². The first-order valence-corrected chi connectivity index (χ1v) is 11.9. The number of nitrogens with one attached hydrogen (secondary N) is 2. The van der Waals surface area contributed by atoms with Crippen LogP contribution >= 0.6 is 0 Å². The Morgan fingerprint density at radius 1 is 1.12 bits per heavy atom. The summed E-state index contributed by atoms with van der Waals surface area (Å²) in [7, 11) is 1.31. The minimum Gasteiger partial charge on any atom is -0.505 e. The summed E-state index contributed by atoms with van der Waals surface area (Å²) < 4.78 is 30.8. The summed E-state index contributed by atoms with van der Waals surface area (Å²) in [6, 6.07) is 14.4. The number of rotatable bonds is 4. The number of phenols is 1. The number of para-hydroxylation sites is 1. The third kappa shape index (κ3) is 5.51. The number of benzene rings is 2. The maximum Gasteiger partial charge on any atom is 0.345 e. The van der Waals surface area contributed by atoms with Crippen LogP contribution in [-0.2, 0) is 10.2 Å². The van der Waals surface area contributed by atoms with Crippen LogP contribution < -0.4 is 10.0 Å². The number of hydrogen-bond acceptors (Lipinski definition) is 6. The van der Waals surface area contributed by atoms with Gasteiger partial charge < -0.3 is 15.3 Å². The zero-order valence-electron chi connectivity index (χ0n) is 19.7. The van der Waals surface area contributed by atoms with Crippen molar-refractivity contribution in [2.24, 2.45) is 19.8 Å². The van der Waals surface area contributed by atoms with Crippen LogP contribution in [0.1, 0.15) is 37.9 Å². The highest BCUT2D eigenvalue weighted by atomic mass is 32.2. The van der Waals surface area contributed by atoms with Crippen molar-refractivity contribution in [3.8, 4) is 5.75 Å². The molecule has 0 amide bonds. The molecule has 1 aliphatic rings. The normalized spacial score (nSPS) is 17.9. The quantitative estimate of drug-likeness (QED) is 0.360. The lowest BCUT2D eigenvalue weighted by atomic mass is 9.83. The minimum atomic E-state index is -3.96. The average Bonchev–Trinajstić information content (AvgIpc) is 3.02. The number of anilines is 1. The Labute approximate surface area is 195 Å². The van der Waals surface area contributed by atoms with E-state index in [0.29, 0.717) is 11.4 Å². The molecule has 9 nitrogen and oxygen atoms in total. The van der Waals surface area contributed by atoms with E-state index in [9.17, 15) is 13.5 Å². The van der Waals surface area contributed by atoms with Crippen LogP contribution in [-0.4, -0.2) is 57.1 Å². The molecule has 2 aromatic rings. The smallest absolute Gasteiger partial charge is 0.345 e. The molecule has 176 valence electrons. The van der Waals surface area contributed by atoms with Crippen LogP contribution in [0.2, 0.25) is 0 Å². The molecule has 0 saturated carbocycles. The number of phenolic OH excluding ortho intramolecular Hbond substituents is 1. The molecule has 3 rings (SSSR count). The molecule has 33 heavy (non-hydrogen) atoms. The number of nitrogens with zero attached hydrogens (tertiary/aromatic N) is 4. The number of aromatic hydroxyl groups is 1. The van der Waals surface area contributed by atoms with Crippen molar-refractivity contribution in [1.82, 2.24) is 9.62 Å². The molecule has 2 aromatic carbocycles. The lowest BCUT2D eigenvalue weighted by Gasteiger charge is -2.28. The second-order valence-electron chi connectivity index (χ2n) is 8.94. The highest BCUT2D eigenvalue weighted by molar-refractivity contribution is 7.89. The summed E-state index contributed by atoms with van der Waals surface area (Å²) in [5.41, 5.74) is 1.43. The second-order valence-corrected chi connectivity index (χ2v) is 10.3. The molecule has 0 aromatic heterocycles. The average molecular weight is 471 g/mol. The third-order valence-corrected chi connectivity index (χ3v) is 5.89. The predicted octanol–water partition coefficient (Wildman–Crippen LogP) is 3.17. The highest BCUT2D eigenvalue weighted by Gasteiger charge is 2.32. The molecule has 0 unspecified atom stereocenters. The maximum absolute atomic E-state index is 12.3. The lowest BCUT2D eigenvalue weighted by Crippen LogP contribution is -2.32. The molecule has 1 aliphatic heterocycles. The van der Waals surface area contributed by atoms with Crippen LogP contribution in [0, 0.1) is 5.41 Å². The first kappa shape index (κ1) is 24.2. The molecule has 0 radical (unpaired) electrons. The van der Waals surface area contributed by atoms with E-state index < -0.39 is 10.2 Å². The van der Waals surface area contributed by atoms with E-state index in [1.54, 1.807) is 30.1 Å².